The third kappa shape index (κ3) is 3.63. The number of hydrogen-bond donors (Lipinski definition) is 3. The van der Waals surface area contributed by atoms with Crippen LogP contribution in [0.5, 0.6) is 11.5 Å². The Kier molecular flexibility index (Phi) is 4.60. The van der Waals surface area contributed by atoms with Crippen molar-refractivity contribution in [2.45, 2.75) is 26.8 Å². The molecule has 1 amide bonds. The molecule has 0 aliphatic heterocycles. The molecule has 1 rings (SSSR count). The maximum absolute atomic E-state index is 12.1. The molecule has 0 radical (unpaired) electrons. The Labute approximate surface area is 117 Å². The summed E-state index contributed by atoms with van der Waals surface area (Å²) >= 11 is 0. The van der Waals surface area contributed by atoms with Gasteiger partial charge in [0.1, 0.15) is 17.5 Å². The molecule has 1 atom stereocenters. The van der Waals surface area contributed by atoms with Crippen LogP contribution in [-0.4, -0.2) is 35.2 Å². The van der Waals surface area contributed by atoms with Crippen LogP contribution in [0, 0.1) is 5.41 Å². The van der Waals surface area contributed by atoms with E-state index in [2.05, 4.69) is 5.32 Å². The molecule has 3 N–H and O–H groups in total. The quantitative estimate of drug-likeness (QED) is 0.779. The van der Waals surface area contributed by atoms with Crippen molar-refractivity contribution in [2.75, 3.05) is 7.11 Å². The smallest absolute Gasteiger partial charge is 0.326 e. The van der Waals surface area contributed by atoms with Crippen LogP contribution >= 0.6 is 0 Å². The van der Waals surface area contributed by atoms with Crippen molar-refractivity contribution < 1.29 is 24.5 Å². The van der Waals surface area contributed by atoms with Crippen molar-refractivity contribution >= 4 is 11.9 Å². The second-order valence-electron chi connectivity index (χ2n) is 5.49. The zero-order valence-corrected chi connectivity index (χ0v) is 11.9. The van der Waals surface area contributed by atoms with Gasteiger partial charge in [0, 0.05) is 0 Å². The van der Waals surface area contributed by atoms with Crippen molar-refractivity contribution in [3.63, 3.8) is 0 Å². The first-order chi connectivity index (χ1) is 9.16. The maximum atomic E-state index is 12.1. The van der Waals surface area contributed by atoms with E-state index in [1.807, 2.05) is 0 Å². The first-order valence-corrected chi connectivity index (χ1v) is 6.07. The predicted molar refractivity (Wildman–Crippen MR) is 73.0 cm³/mol. The molecule has 0 aromatic heterocycles. The third-order valence-electron chi connectivity index (χ3n) is 2.84. The monoisotopic (exact) mass is 281 g/mol. The van der Waals surface area contributed by atoms with Crippen molar-refractivity contribution in [1.82, 2.24) is 5.32 Å². The van der Waals surface area contributed by atoms with Crippen LogP contribution in [0.3, 0.4) is 0 Å². The van der Waals surface area contributed by atoms with Crippen LogP contribution < -0.4 is 10.1 Å². The highest BCUT2D eigenvalue weighted by Crippen LogP contribution is 2.24. The second kappa shape index (κ2) is 5.81. The van der Waals surface area contributed by atoms with Gasteiger partial charge < -0.3 is 20.3 Å². The molecule has 1 aromatic rings. The number of phenols is 1. The number of ether oxygens (including phenoxy) is 1. The zero-order chi connectivity index (χ0) is 15.5. The van der Waals surface area contributed by atoms with E-state index in [-0.39, 0.29) is 11.3 Å². The minimum Gasteiger partial charge on any atom is -0.507 e. The Morgan fingerprint density at radius 2 is 1.90 bits per heavy atom. The van der Waals surface area contributed by atoms with E-state index in [1.165, 1.54) is 25.3 Å². The fourth-order valence-corrected chi connectivity index (χ4v) is 1.68. The summed E-state index contributed by atoms with van der Waals surface area (Å²) in [6.45, 7) is 5.12. The van der Waals surface area contributed by atoms with Gasteiger partial charge in [0.15, 0.2) is 0 Å². The van der Waals surface area contributed by atoms with Crippen molar-refractivity contribution in [3.8, 4) is 11.5 Å². The number of amides is 1. The average Bonchev–Trinajstić information content (AvgIpc) is 2.34. The molecule has 0 bridgehead atoms. The largest absolute Gasteiger partial charge is 0.507 e. The summed E-state index contributed by atoms with van der Waals surface area (Å²) in [4.78, 5) is 23.3. The van der Waals surface area contributed by atoms with Gasteiger partial charge in [0.2, 0.25) is 0 Å². The maximum Gasteiger partial charge on any atom is 0.326 e. The summed E-state index contributed by atoms with van der Waals surface area (Å²) in [6, 6.07) is 3.11. The van der Waals surface area contributed by atoms with E-state index in [4.69, 9.17) is 4.74 Å². The van der Waals surface area contributed by atoms with Gasteiger partial charge in [-0.15, -0.1) is 0 Å². The number of benzene rings is 1. The molecule has 6 heteroatoms. The molecule has 20 heavy (non-hydrogen) atoms. The normalized spacial score (nSPS) is 12.6. The molecule has 0 spiro atoms. The number of aliphatic carboxylic acids is 1. The molecule has 0 saturated carbocycles. The molecule has 0 aliphatic rings. The molecule has 6 nitrogen and oxygen atoms in total. The van der Waals surface area contributed by atoms with E-state index >= 15 is 0 Å². The number of carboxylic acids is 1. The number of phenolic OH excluding ortho intramolecular Hbond substituents is 1. The Hall–Kier alpha value is -2.24. The average molecular weight is 281 g/mol. The van der Waals surface area contributed by atoms with E-state index in [1.54, 1.807) is 20.8 Å². The molecule has 0 fully saturated rings. The lowest BCUT2D eigenvalue weighted by atomic mass is 9.86. The molecular formula is C14H19NO5. The van der Waals surface area contributed by atoms with Crippen molar-refractivity contribution in [3.05, 3.63) is 23.8 Å². The lowest BCUT2D eigenvalue weighted by molar-refractivity contribution is -0.142. The SMILES string of the molecule is COc1ccc(O)c(C(=O)N[C@H](C(=O)O)C(C)(C)C)c1. The molecular weight excluding hydrogens is 262 g/mol. The van der Waals surface area contributed by atoms with Crippen LogP contribution in [-0.2, 0) is 4.79 Å². The summed E-state index contributed by atoms with van der Waals surface area (Å²) in [5.41, 5.74) is -0.685. The molecule has 0 unspecified atom stereocenters. The number of hydrogen-bond acceptors (Lipinski definition) is 4. The zero-order valence-electron chi connectivity index (χ0n) is 11.9. The van der Waals surface area contributed by atoms with E-state index in [0.717, 1.165) is 0 Å². The predicted octanol–water partition coefficient (Wildman–Crippen LogP) is 1.63. The van der Waals surface area contributed by atoms with Gasteiger partial charge in [-0.3, -0.25) is 4.79 Å². The van der Waals surface area contributed by atoms with E-state index in [9.17, 15) is 19.8 Å². The molecule has 110 valence electrons. The molecule has 0 heterocycles. The van der Waals surface area contributed by atoms with Gasteiger partial charge in [0.25, 0.3) is 5.91 Å². The molecule has 0 aliphatic carbocycles. The topological polar surface area (TPSA) is 95.9 Å². The van der Waals surface area contributed by atoms with Crippen molar-refractivity contribution in [1.29, 1.82) is 0 Å². The number of carbonyl (C=O) groups is 2. The lowest BCUT2D eigenvalue weighted by Gasteiger charge is -2.27. The Balaban J connectivity index is 3.03. The summed E-state index contributed by atoms with van der Waals surface area (Å²) in [7, 11) is 1.43. The fraction of sp³-hybridized carbons (Fsp3) is 0.429. The molecule has 1 aromatic carbocycles. The first-order valence-electron chi connectivity index (χ1n) is 6.07. The third-order valence-corrected chi connectivity index (χ3v) is 2.84. The Morgan fingerprint density at radius 1 is 1.30 bits per heavy atom. The standard InChI is InChI=1S/C14H19NO5/c1-14(2,3)11(13(18)19)15-12(17)9-7-8(20-4)5-6-10(9)16/h5-7,11,16H,1-4H3,(H,15,17)(H,18,19)/t11-/m1/s1. The van der Waals surface area contributed by atoms with Gasteiger partial charge in [-0.25, -0.2) is 4.79 Å². The van der Waals surface area contributed by atoms with Crippen molar-refractivity contribution in [2.24, 2.45) is 5.41 Å². The number of carboxylic acid groups (broad SMARTS) is 1. The van der Waals surface area contributed by atoms with Crippen LogP contribution in [0.25, 0.3) is 0 Å². The molecule has 0 saturated heterocycles. The number of rotatable bonds is 4. The number of methoxy groups -OCH3 is 1. The van der Waals surface area contributed by atoms with E-state index < -0.39 is 23.3 Å². The minimum atomic E-state index is -1.13. The summed E-state index contributed by atoms with van der Waals surface area (Å²) < 4.78 is 4.97. The Bertz CT molecular complexity index is 519. The van der Waals surface area contributed by atoms with Gasteiger partial charge >= 0.3 is 5.97 Å². The Morgan fingerprint density at radius 3 is 2.35 bits per heavy atom. The number of aromatic hydroxyl groups is 1. The first kappa shape index (κ1) is 15.8. The van der Waals surface area contributed by atoms with Crippen LogP contribution in [0.1, 0.15) is 31.1 Å². The lowest BCUT2D eigenvalue weighted by Crippen LogP contribution is -2.49. The van der Waals surface area contributed by atoms with Gasteiger partial charge in [-0.2, -0.15) is 0 Å². The highest BCUT2D eigenvalue weighted by molar-refractivity contribution is 5.99. The van der Waals surface area contributed by atoms with E-state index in [0.29, 0.717) is 5.75 Å². The highest BCUT2D eigenvalue weighted by atomic mass is 16.5. The van der Waals surface area contributed by atoms with Gasteiger partial charge in [-0.05, 0) is 23.6 Å². The second-order valence-corrected chi connectivity index (χ2v) is 5.49. The summed E-state index contributed by atoms with van der Waals surface area (Å²) in [5, 5.41) is 21.3. The van der Waals surface area contributed by atoms with Gasteiger partial charge in [-0.1, -0.05) is 20.8 Å². The number of carbonyl (C=O) groups excluding carboxylic acids is 1. The van der Waals surface area contributed by atoms with Crippen LogP contribution in [0.2, 0.25) is 0 Å². The summed E-state index contributed by atoms with van der Waals surface area (Å²) in [6.07, 6.45) is 0. The fourth-order valence-electron chi connectivity index (χ4n) is 1.68. The van der Waals surface area contributed by atoms with Gasteiger partial charge in [0.05, 0.1) is 12.7 Å². The minimum absolute atomic E-state index is 0.0279. The van der Waals surface area contributed by atoms with Crippen LogP contribution in [0.15, 0.2) is 18.2 Å². The number of nitrogens with one attached hydrogen (secondary N) is 1. The highest BCUT2D eigenvalue weighted by Gasteiger charge is 2.33. The van der Waals surface area contributed by atoms with Crippen LogP contribution in [0.4, 0.5) is 0 Å². The summed E-state index contributed by atoms with van der Waals surface area (Å²) in [5.74, 6) is -1.63.